The van der Waals surface area contributed by atoms with Gasteiger partial charge in [-0.2, -0.15) is 0 Å². The molecule has 0 saturated carbocycles. The van der Waals surface area contributed by atoms with Gasteiger partial charge in [0.1, 0.15) is 9.07 Å². The zero-order chi connectivity index (χ0) is 25.2. The summed E-state index contributed by atoms with van der Waals surface area (Å²) in [5, 5.41) is 0.520. The Balaban J connectivity index is 1.60. The van der Waals surface area contributed by atoms with E-state index in [4.69, 9.17) is 23.8 Å². The molecule has 4 heterocycles. The molecule has 2 fully saturated rings. The van der Waals surface area contributed by atoms with Gasteiger partial charge in [-0.15, -0.1) is 0 Å². The number of halogens is 1. The largest absolute Gasteiger partial charge is 0.313 e. The van der Waals surface area contributed by atoms with E-state index in [0.717, 1.165) is 22.4 Å². The van der Waals surface area contributed by atoms with Crippen molar-refractivity contribution >= 4 is 57.4 Å². The van der Waals surface area contributed by atoms with Crippen LogP contribution in [0.4, 0.5) is 5.69 Å². The number of carbonyl (C=O) groups excluding carboxylic acids is 2. The van der Waals surface area contributed by atoms with Gasteiger partial charge in [0.2, 0.25) is 5.91 Å². The molecule has 2 aromatic carbocycles. The van der Waals surface area contributed by atoms with Crippen LogP contribution in [0.25, 0.3) is 0 Å². The quantitative estimate of drug-likeness (QED) is 0.463. The van der Waals surface area contributed by atoms with Gasteiger partial charge in [0, 0.05) is 48.2 Å². The number of pyridine rings is 1. The lowest BCUT2D eigenvalue weighted by Gasteiger charge is -2.42. The second-order valence-electron chi connectivity index (χ2n) is 9.43. The molecule has 6 rings (SSSR count). The van der Waals surface area contributed by atoms with Gasteiger partial charge in [0.25, 0.3) is 5.91 Å². The average molecular weight is 535 g/mol. The summed E-state index contributed by atoms with van der Waals surface area (Å²) in [6.07, 6.45) is 3.46. The normalized spacial score (nSPS) is 27.6. The van der Waals surface area contributed by atoms with Crippen LogP contribution in [0.3, 0.4) is 0 Å². The number of likely N-dealkylation sites (tertiary alicyclic amines) is 1. The predicted molar refractivity (Wildman–Crippen MR) is 146 cm³/mol. The highest BCUT2D eigenvalue weighted by molar-refractivity contribution is 8.25. The summed E-state index contributed by atoms with van der Waals surface area (Å²) in [7, 11) is 3.68. The Kier molecular flexibility index (Phi) is 5.50. The van der Waals surface area contributed by atoms with Crippen LogP contribution in [0, 0.1) is 0 Å². The van der Waals surface area contributed by atoms with E-state index in [1.54, 1.807) is 35.3 Å². The monoisotopic (exact) mass is 534 g/mol. The van der Waals surface area contributed by atoms with Gasteiger partial charge in [0.05, 0.1) is 6.54 Å². The molecular weight excluding hydrogens is 512 g/mol. The molecule has 182 valence electrons. The van der Waals surface area contributed by atoms with E-state index in [2.05, 4.69) is 4.98 Å². The molecule has 3 aromatic rings. The number of benzene rings is 2. The number of anilines is 1. The van der Waals surface area contributed by atoms with E-state index < -0.39 is 10.3 Å². The average Bonchev–Trinajstić information content (AvgIpc) is 3.38. The van der Waals surface area contributed by atoms with Crippen molar-refractivity contribution < 1.29 is 9.59 Å². The Hall–Kier alpha value is -2.78. The highest BCUT2D eigenvalue weighted by Gasteiger charge is 2.78. The van der Waals surface area contributed by atoms with E-state index in [0.29, 0.717) is 22.4 Å². The summed E-state index contributed by atoms with van der Waals surface area (Å²) in [4.78, 5) is 38.6. The van der Waals surface area contributed by atoms with Gasteiger partial charge in [-0.1, -0.05) is 65.9 Å². The third kappa shape index (κ3) is 2.96. The molecule has 0 aliphatic carbocycles. The predicted octanol–water partition coefficient (Wildman–Crippen LogP) is 4.44. The molecule has 9 heteroatoms. The molecule has 3 aliphatic rings. The zero-order valence-electron chi connectivity index (χ0n) is 19.7. The van der Waals surface area contributed by atoms with Crippen LogP contribution >= 0.6 is 35.6 Å². The van der Waals surface area contributed by atoms with Gasteiger partial charge in [-0.25, -0.2) is 0 Å². The number of hydrogen-bond donors (Lipinski definition) is 0. The number of amides is 2. The standard InChI is InChI=1S/C27H23ClN4O2S2/c1-30-16-21(18-10-12-29-13-11-18)27(24(34)32(25(35)36-27)15-17-6-4-3-5-7-17)26(30)20-14-19(28)8-9-22(20)31(2)23(26)33/h3-14,21H,15-16H2,1-2H3/t21-,26-,27-/m0/s1. The summed E-state index contributed by atoms with van der Waals surface area (Å²) in [6.45, 7) is 0.846. The molecule has 36 heavy (non-hydrogen) atoms. The van der Waals surface area contributed by atoms with Crippen LogP contribution < -0.4 is 4.90 Å². The first-order chi connectivity index (χ1) is 17.3. The molecule has 1 aromatic heterocycles. The van der Waals surface area contributed by atoms with Gasteiger partial charge < -0.3 is 4.90 Å². The summed E-state index contributed by atoms with van der Waals surface area (Å²) >= 11 is 13.7. The number of likely N-dealkylation sites (N-methyl/N-ethyl adjacent to an activating group) is 2. The van der Waals surface area contributed by atoms with Crippen LogP contribution in [-0.4, -0.2) is 56.3 Å². The van der Waals surface area contributed by atoms with Crippen molar-refractivity contribution in [2.24, 2.45) is 0 Å². The summed E-state index contributed by atoms with van der Waals surface area (Å²) in [5.41, 5.74) is 2.15. The van der Waals surface area contributed by atoms with E-state index in [1.807, 2.05) is 66.5 Å². The van der Waals surface area contributed by atoms with Gasteiger partial charge in [-0.3, -0.25) is 24.4 Å². The molecular formula is C27H23ClN4O2S2. The van der Waals surface area contributed by atoms with Gasteiger partial charge in [-0.05, 0) is 48.5 Å². The maximum absolute atomic E-state index is 14.8. The van der Waals surface area contributed by atoms with Gasteiger partial charge >= 0.3 is 0 Å². The van der Waals surface area contributed by atoms with Crippen molar-refractivity contribution in [1.29, 1.82) is 0 Å². The molecule has 2 saturated heterocycles. The molecule has 6 nitrogen and oxygen atoms in total. The number of rotatable bonds is 3. The van der Waals surface area contributed by atoms with E-state index in [1.165, 1.54) is 11.8 Å². The third-order valence-electron chi connectivity index (χ3n) is 7.70. The summed E-state index contributed by atoms with van der Waals surface area (Å²) in [6, 6.07) is 19.1. The fourth-order valence-corrected chi connectivity index (χ4v) is 8.47. The maximum Gasteiger partial charge on any atom is 0.254 e. The Morgan fingerprint density at radius 3 is 2.50 bits per heavy atom. The Bertz CT molecular complexity index is 1410. The SMILES string of the molecule is CN1C(=O)[C@]2(c3cc(Cl)ccc31)N(C)C[C@@H](c1ccncc1)[C@@]21SC(=S)N(Cc2ccccc2)C1=O. The number of thioether (sulfide) groups is 1. The van der Waals surface area contributed by atoms with Crippen molar-refractivity contribution in [2.45, 2.75) is 22.7 Å². The first kappa shape index (κ1) is 23.6. The first-order valence-electron chi connectivity index (χ1n) is 11.6. The Morgan fingerprint density at radius 2 is 1.78 bits per heavy atom. The van der Waals surface area contributed by atoms with Crippen LogP contribution in [-0.2, 0) is 21.7 Å². The number of hydrogen-bond acceptors (Lipinski definition) is 6. The van der Waals surface area contributed by atoms with Crippen LogP contribution in [0.5, 0.6) is 0 Å². The van der Waals surface area contributed by atoms with Crippen molar-refractivity contribution in [1.82, 2.24) is 14.8 Å². The van der Waals surface area contributed by atoms with Crippen LogP contribution in [0.15, 0.2) is 73.1 Å². The minimum atomic E-state index is -1.27. The molecule has 0 bridgehead atoms. The lowest BCUT2D eigenvalue weighted by molar-refractivity contribution is -0.139. The number of aromatic nitrogens is 1. The lowest BCUT2D eigenvalue weighted by atomic mass is 9.72. The highest BCUT2D eigenvalue weighted by atomic mass is 35.5. The number of fused-ring (bicyclic) bond motifs is 3. The second-order valence-corrected chi connectivity index (χ2v) is 11.7. The van der Waals surface area contributed by atoms with Crippen molar-refractivity contribution in [3.05, 3.63) is 94.8 Å². The first-order valence-corrected chi connectivity index (χ1v) is 13.2. The molecule has 3 aliphatic heterocycles. The third-order valence-corrected chi connectivity index (χ3v) is 9.88. The molecule has 3 atom stereocenters. The fourth-order valence-electron chi connectivity index (χ4n) is 6.17. The highest BCUT2D eigenvalue weighted by Crippen LogP contribution is 2.66. The van der Waals surface area contributed by atoms with E-state index >= 15 is 0 Å². The fraction of sp³-hybridized carbons (Fsp3) is 0.259. The van der Waals surface area contributed by atoms with Crippen LogP contribution in [0.2, 0.25) is 5.02 Å². The minimum absolute atomic E-state index is 0.149. The lowest BCUT2D eigenvalue weighted by Crippen LogP contribution is -2.62. The van der Waals surface area contributed by atoms with E-state index in [9.17, 15) is 9.59 Å². The molecule has 0 radical (unpaired) electrons. The Labute approximate surface area is 224 Å². The molecule has 2 amide bonds. The maximum atomic E-state index is 14.8. The number of nitrogens with zero attached hydrogens (tertiary/aromatic N) is 4. The zero-order valence-corrected chi connectivity index (χ0v) is 22.1. The smallest absolute Gasteiger partial charge is 0.254 e. The summed E-state index contributed by atoms with van der Waals surface area (Å²) in [5.74, 6) is -0.602. The second kappa shape index (κ2) is 8.38. The van der Waals surface area contributed by atoms with Crippen molar-refractivity contribution in [3.63, 3.8) is 0 Å². The van der Waals surface area contributed by atoms with Gasteiger partial charge in [0.15, 0.2) is 5.54 Å². The minimum Gasteiger partial charge on any atom is -0.313 e. The molecule has 0 unspecified atom stereocenters. The van der Waals surface area contributed by atoms with Crippen molar-refractivity contribution in [3.8, 4) is 0 Å². The van der Waals surface area contributed by atoms with Crippen LogP contribution in [0.1, 0.15) is 22.6 Å². The topological polar surface area (TPSA) is 56.8 Å². The van der Waals surface area contributed by atoms with Crippen molar-refractivity contribution in [2.75, 3.05) is 25.5 Å². The van der Waals surface area contributed by atoms with E-state index in [-0.39, 0.29) is 17.7 Å². The Morgan fingerprint density at radius 1 is 1.06 bits per heavy atom. The number of thiocarbonyl (C=S) groups is 1. The molecule has 0 N–H and O–H groups in total. The molecule has 2 spiro atoms. The summed E-state index contributed by atoms with van der Waals surface area (Å²) < 4.78 is -0.737. The number of carbonyl (C=O) groups is 2.